The second-order valence-electron chi connectivity index (χ2n) is 5.59. The van der Waals surface area contributed by atoms with Crippen molar-refractivity contribution in [3.63, 3.8) is 0 Å². The van der Waals surface area contributed by atoms with Crippen LogP contribution < -0.4 is 5.32 Å². The monoisotopic (exact) mass is 435 g/mol. The van der Waals surface area contributed by atoms with E-state index in [0.717, 1.165) is 8.47 Å². The summed E-state index contributed by atoms with van der Waals surface area (Å²) in [6, 6.07) is 11.5. The van der Waals surface area contributed by atoms with Crippen LogP contribution in [-0.2, 0) is 10.3 Å². The van der Waals surface area contributed by atoms with Gasteiger partial charge in [0.05, 0.1) is 12.2 Å². The quantitative estimate of drug-likeness (QED) is 0.455. The van der Waals surface area contributed by atoms with Crippen LogP contribution >= 0.6 is 22.6 Å². The molecule has 1 aromatic carbocycles. The first-order valence-corrected chi connectivity index (χ1v) is 8.34. The normalized spacial score (nSPS) is 20.2. The standard InChI is InChI=1S/C17H14IN3O3/c1-17(14-4-2-3-9-19-14)15(23)21(16(24)20-17)10-13(22)11-5-7-12(18)8-6-11/h2-9H,10H2,1H3,(H,20,24). The number of carbonyl (C=O) groups is 3. The summed E-state index contributed by atoms with van der Waals surface area (Å²) in [7, 11) is 0. The Bertz CT molecular complexity index is 808. The highest BCUT2D eigenvalue weighted by Gasteiger charge is 2.50. The van der Waals surface area contributed by atoms with Crippen molar-refractivity contribution in [2.45, 2.75) is 12.5 Å². The number of nitrogens with zero attached hydrogens (tertiary/aromatic N) is 2. The first-order valence-electron chi connectivity index (χ1n) is 7.26. The number of Topliss-reactive ketones (excluding diaryl/α,β-unsaturated/α-hetero) is 1. The number of amides is 3. The minimum atomic E-state index is -1.26. The molecule has 0 radical (unpaired) electrons. The summed E-state index contributed by atoms with van der Waals surface area (Å²) in [5.74, 6) is -0.773. The first kappa shape index (κ1) is 16.6. The molecular weight excluding hydrogens is 421 g/mol. The Morgan fingerprint density at radius 3 is 2.54 bits per heavy atom. The Labute approximate surface area is 152 Å². The van der Waals surface area contributed by atoms with Crippen LogP contribution in [0.5, 0.6) is 0 Å². The Hall–Kier alpha value is -2.29. The Balaban J connectivity index is 1.82. The molecule has 1 atom stereocenters. The fourth-order valence-electron chi connectivity index (χ4n) is 2.54. The summed E-state index contributed by atoms with van der Waals surface area (Å²) in [5, 5.41) is 2.63. The molecule has 2 aromatic rings. The van der Waals surface area contributed by atoms with Crippen LogP contribution in [0.3, 0.4) is 0 Å². The highest BCUT2D eigenvalue weighted by molar-refractivity contribution is 14.1. The van der Waals surface area contributed by atoms with Crippen LogP contribution in [0.25, 0.3) is 0 Å². The predicted octanol–water partition coefficient (Wildman–Crippen LogP) is 2.34. The summed E-state index contributed by atoms with van der Waals surface area (Å²) in [6.45, 7) is 1.29. The van der Waals surface area contributed by atoms with E-state index in [4.69, 9.17) is 0 Å². The smallest absolute Gasteiger partial charge is 0.318 e. The molecular formula is C17H14IN3O3. The number of pyridine rings is 1. The minimum Gasteiger partial charge on any atom is -0.318 e. The number of hydrogen-bond acceptors (Lipinski definition) is 4. The van der Waals surface area contributed by atoms with Gasteiger partial charge in [-0.25, -0.2) is 4.79 Å². The molecule has 3 amide bonds. The van der Waals surface area contributed by atoms with E-state index in [2.05, 4.69) is 32.9 Å². The zero-order chi connectivity index (χ0) is 17.3. The van der Waals surface area contributed by atoms with E-state index < -0.39 is 17.5 Å². The van der Waals surface area contributed by atoms with Crippen molar-refractivity contribution in [1.82, 2.24) is 15.2 Å². The topological polar surface area (TPSA) is 79.4 Å². The van der Waals surface area contributed by atoms with Gasteiger partial charge in [-0.05, 0) is 53.8 Å². The maximum atomic E-state index is 12.7. The van der Waals surface area contributed by atoms with E-state index in [1.807, 2.05) is 0 Å². The van der Waals surface area contributed by atoms with Gasteiger partial charge in [0.1, 0.15) is 0 Å². The largest absolute Gasteiger partial charge is 0.325 e. The van der Waals surface area contributed by atoms with Crippen molar-refractivity contribution in [3.8, 4) is 0 Å². The number of carbonyl (C=O) groups excluding carboxylic acids is 3. The molecule has 6 nitrogen and oxygen atoms in total. The highest BCUT2D eigenvalue weighted by Crippen LogP contribution is 2.27. The molecule has 1 aromatic heterocycles. The van der Waals surface area contributed by atoms with Gasteiger partial charge in [0.15, 0.2) is 11.3 Å². The van der Waals surface area contributed by atoms with Crippen molar-refractivity contribution in [3.05, 3.63) is 63.5 Å². The molecule has 24 heavy (non-hydrogen) atoms. The second-order valence-corrected chi connectivity index (χ2v) is 6.84. The summed E-state index contributed by atoms with van der Waals surface area (Å²) in [4.78, 5) is 42.4. The average Bonchev–Trinajstić information content (AvgIpc) is 2.80. The van der Waals surface area contributed by atoms with E-state index in [1.54, 1.807) is 55.6 Å². The fraction of sp³-hybridized carbons (Fsp3) is 0.176. The molecule has 122 valence electrons. The fourth-order valence-corrected chi connectivity index (χ4v) is 2.90. The summed E-state index contributed by atoms with van der Waals surface area (Å²) < 4.78 is 1.00. The number of rotatable bonds is 4. The Kier molecular flexibility index (Phi) is 4.35. The minimum absolute atomic E-state index is 0.292. The zero-order valence-corrected chi connectivity index (χ0v) is 15.0. The van der Waals surface area contributed by atoms with Gasteiger partial charge in [0.25, 0.3) is 5.91 Å². The van der Waals surface area contributed by atoms with E-state index >= 15 is 0 Å². The predicted molar refractivity (Wildman–Crippen MR) is 95.3 cm³/mol. The van der Waals surface area contributed by atoms with Crippen LogP contribution in [0.4, 0.5) is 4.79 Å². The van der Waals surface area contributed by atoms with E-state index in [0.29, 0.717) is 11.3 Å². The molecule has 0 spiro atoms. The molecule has 0 bridgehead atoms. The van der Waals surface area contributed by atoms with Crippen molar-refractivity contribution < 1.29 is 14.4 Å². The number of hydrogen-bond donors (Lipinski definition) is 1. The van der Waals surface area contributed by atoms with E-state index in [9.17, 15) is 14.4 Å². The zero-order valence-electron chi connectivity index (χ0n) is 12.8. The average molecular weight is 435 g/mol. The molecule has 2 heterocycles. The first-order chi connectivity index (χ1) is 11.4. The lowest BCUT2D eigenvalue weighted by Crippen LogP contribution is -2.42. The number of imide groups is 1. The van der Waals surface area contributed by atoms with Crippen molar-refractivity contribution in [2.24, 2.45) is 0 Å². The highest BCUT2D eigenvalue weighted by atomic mass is 127. The van der Waals surface area contributed by atoms with Crippen LogP contribution in [-0.4, -0.2) is 34.2 Å². The number of aromatic nitrogens is 1. The molecule has 1 unspecified atom stereocenters. The van der Waals surface area contributed by atoms with Crippen LogP contribution in [0, 0.1) is 3.57 Å². The third kappa shape index (κ3) is 2.91. The Morgan fingerprint density at radius 1 is 1.21 bits per heavy atom. The maximum absolute atomic E-state index is 12.7. The summed E-state index contributed by atoms with van der Waals surface area (Å²) >= 11 is 2.14. The molecule has 1 aliphatic heterocycles. The lowest BCUT2D eigenvalue weighted by Gasteiger charge is -2.20. The van der Waals surface area contributed by atoms with Gasteiger partial charge in [-0.3, -0.25) is 19.5 Å². The maximum Gasteiger partial charge on any atom is 0.325 e. The van der Waals surface area contributed by atoms with Gasteiger partial charge in [-0.1, -0.05) is 18.2 Å². The number of halogens is 1. The molecule has 1 saturated heterocycles. The van der Waals surface area contributed by atoms with Crippen molar-refractivity contribution >= 4 is 40.3 Å². The van der Waals surface area contributed by atoms with Gasteiger partial charge in [-0.15, -0.1) is 0 Å². The molecule has 1 aliphatic rings. The molecule has 7 heteroatoms. The van der Waals surface area contributed by atoms with Gasteiger partial charge in [0.2, 0.25) is 0 Å². The van der Waals surface area contributed by atoms with Crippen LogP contribution in [0.1, 0.15) is 23.0 Å². The molecule has 1 N–H and O–H groups in total. The van der Waals surface area contributed by atoms with Crippen molar-refractivity contribution in [1.29, 1.82) is 0 Å². The molecule has 3 rings (SSSR count). The van der Waals surface area contributed by atoms with Gasteiger partial charge in [-0.2, -0.15) is 0 Å². The lowest BCUT2D eigenvalue weighted by atomic mass is 9.97. The second kappa shape index (κ2) is 6.31. The Morgan fingerprint density at radius 2 is 1.92 bits per heavy atom. The van der Waals surface area contributed by atoms with E-state index in [1.165, 1.54) is 0 Å². The van der Waals surface area contributed by atoms with Crippen LogP contribution in [0.2, 0.25) is 0 Å². The van der Waals surface area contributed by atoms with Gasteiger partial charge >= 0.3 is 6.03 Å². The summed E-state index contributed by atoms with van der Waals surface area (Å²) in [5.41, 5.74) is -0.361. The van der Waals surface area contributed by atoms with E-state index in [-0.39, 0.29) is 12.3 Å². The van der Waals surface area contributed by atoms with Gasteiger partial charge < -0.3 is 5.32 Å². The van der Waals surface area contributed by atoms with Gasteiger partial charge in [0, 0.05) is 15.3 Å². The number of urea groups is 1. The third-order valence-corrected chi connectivity index (χ3v) is 4.64. The third-order valence-electron chi connectivity index (χ3n) is 3.92. The van der Waals surface area contributed by atoms with Crippen molar-refractivity contribution in [2.75, 3.05) is 6.54 Å². The SMILES string of the molecule is CC1(c2ccccn2)NC(=O)N(CC(=O)c2ccc(I)cc2)C1=O. The number of benzene rings is 1. The number of ketones is 1. The summed E-state index contributed by atoms with van der Waals surface area (Å²) in [6.07, 6.45) is 1.55. The van der Waals surface area contributed by atoms with Crippen LogP contribution in [0.15, 0.2) is 48.7 Å². The molecule has 0 saturated carbocycles. The molecule has 1 fully saturated rings. The number of nitrogens with one attached hydrogen (secondary N) is 1. The molecule has 0 aliphatic carbocycles. The lowest BCUT2D eigenvalue weighted by molar-refractivity contribution is -0.130.